The van der Waals surface area contributed by atoms with E-state index < -0.39 is 0 Å². The predicted octanol–water partition coefficient (Wildman–Crippen LogP) is 3.05. The molecular formula is C15H30IN3O. The molecule has 0 aromatic carbocycles. The minimum atomic E-state index is -0.0771. The molecule has 0 bridgehead atoms. The van der Waals surface area contributed by atoms with Crippen LogP contribution in [0.15, 0.2) is 4.99 Å². The van der Waals surface area contributed by atoms with Crippen LogP contribution in [-0.2, 0) is 4.74 Å². The van der Waals surface area contributed by atoms with E-state index in [0.29, 0.717) is 12.0 Å². The van der Waals surface area contributed by atoms with E-state index in [-0.39, 0.29) is 41.0 Å². The number of guanidine groups is 1. The molecule has 0 aromatic rings. The molecule has 2 fully saturated rings. The molecule has 0 heterocycles. The first kappa shape index (κ1) is 18.0. The second-order valence-corrected chi connectivity index (χ2v) is 6.87. The third-order valence-electron chi connectivity index (χ3n) is 5.48. The van der Waals surface area contributed by atoms with Crippen molar-refractivity contribution in [1.29, 1.82) is 0 Å². The molecule has 4 nitrogen and oxygen atoms in total. The molecule has 0 aliphatic heterocycles. The summed E-state index contributed by atoms with van der Waals surface area (Å²) in [6.45, 7) is 6.58. The SMILES string of the molecule is COC1(C)CC(N=C(N)NC2CCCCC2)C1(C)C.I. The van der Waals surface area contributed by atoms with Crippen molar-refractivity contribution in [3.05, 3.63) is 0 Å². The maximum Gasteiger partial charge on any atom is 0.189 e. The van der Waals surface area contributed by atoms with Crippen LogP contribution in [0.2, 0.25) is 0 Å². The third kappa shape index (κ3) is 3.40. The Morgan fingerprint density at radius 2 is 1.80 bits per heavy atom. The predicted molar refractivity (Wildman–Crippen MR) is 94.6 cm³/mol. The van der Waals surface area contributed by atoms with Gasteiger partial charge in [-0.15, -0.1) is 24.0 Å². The minimum Gasteiger partial charge on any atom is -0.378 e. The van der Waals surface area contributed by atoms with Gasteiger partial charge in [-0.2, -0.15) is 0 Å². The fourth-order valence-electron chi connectivity index (χ4n) is 3.32. The van der Waals surface area contributed by atoms with Crippen molar-refractivity contribution in [3.63, 3.8) is 0 Å². The molecule has 3 N–H and O–H groups in total. The molecule has 0 saturated heterocycles. The zero-order chi connectivity index (χ0) is 14.1. The van der Waals surface area contributed by atoms with Crippen molar-refractivity contribution < 1.29 is 4.74 Å². The highest BCUT2D eigenvalue weighted by molar-refractivity contribution is 14.0. The van der Waals surface area contributed by atoms with E-state index in [1.807, 2.05) is 0 Å². The van der Waals surface area contributed by atoms with E-state index >= 15 is 0 Å². The normalized spacial score (nSPS) is 34.0. The molecule has 118 valence electrons. The Morgan fingerprint density at radius 3 is 2.30 bits per heavy atom. The van der Waals surface area contributed by atoms with Gasteiger partial charge in [0.2, 0.25) is 0 Å². The number of rotatable bonds is 3. The first-order valence-electron chi connectivity index (χ1n) is 7.54. The van der Waals surface area contributed by atoms with E-state index in [0.717, 1.165) is 6.42 Å². The maximum absolute atomic E-state index is 6.06. The topological polar surface area (TPSA) is 59.6 Å². The van der Waals surface area contributed by atoms with Gasteiger partial charge in [-0.05, 0) is 26.2 Å². The van der Waals surface area contributed by atoms with Gasteiger partial charge in [0.05, 0.1) is 11.6 Å². The second kappa shape index (κ2) is 6.81. The average Bonchev–Trinajstić information content (AvgIpc) is 2.39. The van der Waals surface area contributed by atoms with Crippen LogP contribution in [0.5, 0.6) is 0 Å². The highest BCUT2D eigenvalue weighted by Crippen LogP contribution is 2.53. The summed E-state index contributed by atoms with van der Waals surface area (Å²) in [6, 6.07) is 0.781. The van der Waals surface area contributed by atoms with Crippen LogP contribution in [0.1, 0.15) is 59.3 Å². The lowest BCUT2D eigenvalue weighted by Crippen LogP contribution is -2.63. The summed E-state index contributed by atoms with van der Waals surface area (Å²) in [4.78, 5) is 4.68. The number of nitrogens with one attached hydrogen (secondary N) is 1. The molecule has 0 radical (unpaired) electrons. The molecule has 2 saturated carbocycles. The minimum absolute atomic E-state index is 0. The summed E-state index contributed by atoms with van der Waals surface area (Å²) in [5.74, 6) is 0.614. The van der Waals surface area contributed by atoms with E-state index in [2.05, 4.69) is 31.1 Å². The molecule has 0 amide bonds. The van der Waals surface area contributed by atoms with Crippen LogP contribution < -0.4 is 11.1 Å². The zero-order valence-electron chi connectivity index (χ0n) is 13.2. The highest BCUT2D eigenvalue weighted by atomic mass is 127. The number of methoxy groups -OCH3 is 1. The Hall–Kier alpha value is -0.0400. The Balaban J connectivity index is 0.00000200. The van der Waals surface area contributed by atoms with Crippen molar-refractivity contribution in [3.8, 4) is 0 Å². The molecule has 0 aromatic heterocycles. The van der Waals surface area contributed by atoms with Crippen LogP contribution in [-0.4, -0.2) is 30.8 Å². The van der Waals surface area contributed by atoms with Gasteiger partial charge in [-0.3, -0.25) is 0 Å². The number of halogens is 1. The van der Waals surface area contributed by atoms with Gasteiger partial charge in [0.15, 0.2) is 5.96 Å². The summed E-state index contributed by atoms with van der Waals surface area (Å²) >= 11 is 0. The number of ether oxygens (including phenoxy) is 1. The highest BCUT2D eigenvalue weighted by Gasteiger charge is 2.58. The molecule has 5 heteroatoms. The lowest BCUT2D eigenvalue weighted by Gasteiger charge is -2.57. The summed E-state index contributed by atoms with van der Waals surface area (Å²) in [5, 5.41) is 3.39. The quantitative estimate of drug-likeness (QED) is 0.439. The van der Waals surface area contributed by atoms with Gasteiger partial charge < -0.3 is 15.8 Å². The molecule has 20 heavy (non-hydrogen) atoms. The Bertz CT molecular complexity index is 353. The molecule has 2 aliphatic carbocycles. The van der Waals surface area contributed by atoms with Crippen LogP contribution in [0.4, 0.5) is 0 Å². The number of hydrogen-bond acceptors (Lipinski definition) is 2. The monoisotopic (exact) mass is 395 g/mol. The Morgan fingerprint density at radius 1 is 1.20 bits per heavy atom. The number of nitrogens with zero attached hydrogens (tertiary/aromatic N) is 1. The summed E-state index contributed by atoms with van der Waals surface area (Å²) in [7, 11) is 1.78. The number of nitrogens with two attached hydrogens (primary N) is 1. The van der Waals surface area contributed by atoms with Crippen LogP contribution in [0.3, 0.4) is 0 Å². The summed E-state index contributed by atoms with van der Waals surface area (Å²) in [6.07, 6.45) is 7.37. The van der Waals surface area contributed by atoms with Crippen molar-refractivity contribution in [2.24, 2.45) is 16.1 Å². The maximum atomic E-state index is 6.06. The molecule has 2 aliphatic rings. The fraction of sp³-hybridized carbons (Fsp3) is 0.933. The van der Waals surface area contributed by atoms with E-state index in [1.165, 1.54) is 32.1 Å². The van der Waals surface area contributed by atoms with Crippen LogP contribution >= 0.6 is 24.0 Å². The van der Waals surface area contributed by atoms with Crippen molar-refractivity contribution in [2.75, 3.05) is 7.11 Å². The lowest BCUT2D eigenvalue weighted by atomic mass is 9.56. The lowest BCUT2D eigenvalue weighted by molar-refractivity contribution is -0.171. The van der Waals surface area contributed by atoms with E-state index in [1.54, 1.807) is 7.11 Å². The molecular weight excluding hydrogens is 365 g/mol. The van der Waals surface area contributed by atoms with Crippen molar-refractivity contribution >= 4 is 29.9 Å². The first-order valence-corrected chi connectivity index (χ1v) is 7.54. The Labute approximate surface area is 140 Å². The van der Waals surface area contributed by atoms with Crippen molar-refractivity contribution in [1.82, 2.24) is 5.32 Å². The number of hydrogen-bond donors (Lipinski definition) is 2. The van der Waals surface area contributed by atoms with Gasteiger partial charge in [0.25, 0.3) is 0 Å². The first-order chi connectivity index (χ1) is 8.89. The van der Waals surface area contributed by atoms with Gasteiger partial charge in [-0.25, -0.2) is 4.99 Å². The van der Waals surface area contributed by atoms with Gasteiger partial charge in [-0.1, -0.05) is 33.1 Å². The third-order valence-corrected chi connectivity index (χ3v) is 5.48. The van der Waals surface area contributed by atoms with Crippen LogP contribution in [0, 0.1) is 5.41 Å². The zero-order valence-corrected chi connectivity index (χ0v) is 15.6. The molecule has 0 spiro atoms. The van der Waals surface area contributed by atoms with Crippen LogP contribution in [0.25, 0.3) is 0 Å². The summed E-state index contributed by atoms with van der Waals surface area (Å²) in [5.41, 5.74) is 6.03. The standard InChI is InChI=1S/C15H29N3O.HI/c1-14(2)12(10-15(14,3)19-4)18-13(16)17-11-8-6-5-7-9-11;/h11-12H,5-10H2,1-4H3,(H3,16,17,18);1H. The average molecular weight is 395 g/mol. The smallest absolute Gasteiger partial charge is 0.189 e. The van der Waals surface area contributed by atoms with Crippen molar-refractivity contribution in [2.45, 2.75) is 77.0 Å². The summed E-state index contributed by atoms with van der Waals surface area (Å²) < 4.78 is 5.62. The van der Waals surface area contributed by atoms with Gasteiger partial charge in [0, 0.05) is 18.6 Å². The van der Waals surface area contributed by atoms with E-state index in [4.69, 9.17) is 10.5 Å². The molecule has 2 atom stereocenters. The molecule has 2 unspecified atom stereocenters. The Kier molecular flexibility index (Phi) is 6.14. The van der Waals surface area contributed by atoms with Gasteiger partial charge in [0.1, 0.15) is 0 Å². The fourth-order valence-corrected chi connectivity index (χ4v) is 3.32. The second-order valence-electron chi connectivity index (χ2n) is 6.87. The van der Waals surface area contributed by atoms with Gasteiger partial charge >= 0.3 is 0 Å². The number of aliphatic imine (C=N–C) groups is 1. The molecule has 2 rings (SSSR count). The largest absolute Gasteiger partial charge is 0.378 e. The van der Waals surface area contributed by atoms with E-state index in [9.17, 15) is 0 Å².